The summed E-state index contributed by atoms with van der Waals surface area (Å²) in [5.74, 6) is 1.85. The molecule has 2 saturated carbocycles. The van der Waals surface area contributed by atoms with Crippen LogP contribution in [0.5, 0.6) is 0 Å². The van der Waals surface area contributed by atoms with Gasteiger partial charge >= 0.3 is 0 Å². The fourth-order valence-electron chi connectivity index (χ4n) is 6.17. The van der Waals surface area contributed by atoms with Gasteiger partial charge in [0.15, 0.2) is 0 Å². The molecule has 0 amide bonds. The number of carbonyl (C=O) groups excluding carboxylic acids is 1. The third kappa shape index (κ3) is 1.89. The van der Waals surface area contributed by atoms with Gasteiger partial charge in [0.05, 0.1) is 5.41 Å². The van der Waals surface area contributed by atoms with Crippen molar-refractivity contribution in [1.82, 2.24) is 0 Å². The summed E-state index contributed by atoms with van der Waals surface area (Å²) < 4.78 is 0. The van der Waals surface area contributed by atoms with Crippen molar-refractivity contribution < 1.29 is 4.79 Å². The van der Waals surface area contributed by atoms with Gasteiger partial charge in [-0.3, -0.25) is 4.79 Å². The van der Waals surface area contributed by atoms with Gasteiger partial charge in [-0.1, -0.05) is 49.1 Å². The van der Waals surface area contributed by atoms with Gasteiger partial charge in [-0.05, 0) is 67.1 Å². The number of allylic oxidation sites excluding steroid dienone is 2. The molecule has 23 heavy (non-hydrogen) atoms. The van der Waals surface area contributed by atoms with Crippen molar-refractivity contribution in [3.63, 3.8) is 0 Å². The second kappa shape index (κ2) is 5.06. The Hall–Kier alpha value is -1.37. The molecule has 1 aromatic carbocycles. The lowest BCUT2D eigenvalue weighted by atomic mass is 9.60. The quantitative estimate of drug-likeness (QED) is 0.649. The number of ketones is 1. The van der Waals surface area contributed by atoms with Crippen LogP contribution in [0, 0.1) is 5.92 Å². The summed E-state index contributed by atoms with van der Waals surface area (Å²) in [7, 11) is 0. The molecule has 2 bridgehead atoms. The Morgan fingerprint density at radius 2 is 1.91 bits per heavy atom. The van der Waals surface area contributed by atoms with Crippen molar-refractivity contribution in [2.24, 2.45) is 5.92 Å². The lowest BCUT2D eigenvalue weighted by Gasteiger charge is -2.41. The number of Topliss-reactive ketones (excluding diaryl/α,β-unsaturated/α-hetero) is 1. The highest BCUT2D eigenvalue weighted by Gasteiger charge is 2.55. The van der Waals surface area contributed by atoms with Crippen molar-refractivity contribution >= 4 is 5.78 Å². The zero-order valence-corrected chi connectivity index (χ0v) is 13.9. The predicted octanol–water partition coefficient (Wildman–Crippen LogP) is 5.23. The van der Waals surface area contributed by atoms with Crippen LogP contribution in [0.2, 0.25) is 0 Å². The molecule has 1 spiro atoms. The van der Waals surface area contributed by atoms with Crippen LogP contribution in [-0.4, -0.2) is 5.78 Å². The summed E-state index contributed by atoms with van der Waals surface area (Å²) in [6.07, 6.45) is 14.4. The molecule has 0 aliphatic heterocycles. The minimum Gasteiger partial charge on any atom is -0.299 e. The van der Waals surface area contributed by atoms with Crippen molar-refractivity contribution in [1.29, 1.82) is 0 Å². The Morgan fingerprint density at radius 3 is 2.65 bits per heavy atom. The maximum Gasteiger partial charge on any atom is 0.144 e. The Kier molecular flexibility index (Phi) is 3.08. The lowest BCUT2D eigenvalue weighted by molar-refractivity contribution is -0.126. The van der Waals surface area contributed by atoms with Crippen LogP contribution in [0.15, 0.2) is 29.8 Å². The summed E-state index contributed by atoms with van der Waals surface area (Å²) in [6, 6.07) is 6.94. The lowest BCUT2D eigenvalue weighted by Crippen LogP contribution is -2.44. The number of rotatable bonds is 1. The summed E-state index contributed by atoms with van der Waals surface area (Å²) in [4.78, 5) is 13.0. The Bertz CT molecular complexity index is 692. The van der Waals surface area contributed by atoms with Crippen LogP contribution in [0.25, 0.3) is 0 Å². The highest BCUT2D eigenvalue weighted by Crippen LogP contribution is 2.58. The van der Waals surface area contributed by atoms with E-state index in [9.17, 15) is 4.79 Å². The zero-order valence-electron chi connectivity index (χ0n) is 13.9. The summed E-state index contributed by atoms with van der Waals surface area (Å²) in [5.41, 5.74) is 6.03. The van der Waals surface area contributed by atoms with E-state index in [1.54, 1.807) is 16.7 Å². The molecule has 0 N–H and O–H groups in total. The normalized spacial score (nSPS) is 33.1. The standard InChI is InChI=1S/C22H26O/c23-21-12-11-19-18(16-5-2-1-3-6-16)7-4-8-20(19)22(21)14-15-9-10-17(22)13-15/h4,7-9,16-17H,1-3,5-6,10-14H2. The Labute approximate surface area is 139 Å². The van der Waals surface area contributed by atoms with Crippen LogP contribution in [0.1, 0.15) is 80.4 Å². The minimum absolute atomic E-state index is 0.137. The molecule has 0 saturated heterocycles. The smallest absolute Gasteiger partial charge is 0.144 e. The average Bonchev–Trinajstić information content (AvgIpc) is 3.21. The van der Waals surface area contributed by atoms with Crippen LogP contribution in [0.3, 0.4) is 0 Å². The first-order valence-electron chi connectivity index (χ1n) is 9.62. The van der Waals surface area contributed by atoms with Crippen molar-refractivity contribution in [3.05, 3.63) is 46.5 Å². The number of fused-ring (bicyclic) bond motifs is 5. The molecule has 0 aromatic heterocycles. The number of benzene rings is 1. The monoisotopic (exact) mass is 306 g/mol. The number of carbonyl (C=O) groups is 1. The second-order valence-electron chi connectivity index (χ2n) is 8.28. The van der Waals surface area contributed by atoms with E-state index in [1.807, 2.05) is 0 Å². The summed E-state index contributed by atoms with van der Waals surface area (Å²) in [5, 5.41) is 0. The van der Waals surface area contributed by atoms with Gasteiger partial charge in [-0.15, -0.1) is 0 Å². The second-order valence-corrected chi connectivity index (χ2v) is 8.28. The van der Waals surface area contributed by atoms with Crippen molar-refractivity contribution in [3.8, 4) is 0 Å². The number of hydrogen-bond acceptors (Lipinski definition) is 1. The van der Waals surface area contributed by atoms with E-state index in [2.05, 4.69) is 24.3 Å². The third-order valence-corrected chi connectivity index (χ3v) is 7.24. The zero-order chi connectivity index (χ0) is 15.4. The fraction of sp³-hybridized carbons (Fsp3) is 0.591. The molecule has 2 unspecified atom stereocenters. The molecular formula is C22H26O. The van der Waals surface area contributed by atoms with Crippen molar-refractivity contribution in [2.45, 2.75) is 75.5 Å². The van der Waals surface area contributed by atoms with Gasteiger partial charge in [0, 0.05) is 6.42 Å². The molecule has 0 radical (unpaired) electrons. The first-order chi connectivity index (χ1) is 11.3. The molecule has 120 valence electrons. The Balaban J connectivity index is 1.64. The van der Waals surface area contributed by atoms with E-state index < -0.39 is 0 Å². The highest BCUT2D eigenvalue weighted by atomic mass is 16.1. The van der Waals surface area contributed by atoms with E-state index in [0.717, 1.165) is 31.6 Å². The largest absolute Gasteiger partial charge is 0.299 e. The molecule has 4 aliphatic carbocycles. The minimum atomic E-state index is -0.137. The highest BCUT2D eigenvalue weighted by molar-refractivity contribution is 5.94. The molecular weight excluding hydrogens is 280 g/mol. The number of hydrogen-bond donors (Lipinski definition) is 0. The molecule has 2 atom stereocenters. The third-order valence-electron chi connectivity index (χ3n) is 7.24. The topological polar surface area (TPSA) is 17.1 Å². The van der Waals surface area contributed by atoms with Gasteiger partial charge in [0.2, 0.25) is 0 Å². The first-order valence-corrected chi connectivity index (χ1v) is 9.62. The van der Waals surface area contributed by atoms with E-state index in [1.165, 1.54) is 44.1 Å². The van der Waals surface area contributed by atoms with Crippen LogP contribution >= 0.6 is 0 Å². The maximum absolute atomic E-state index is 13.0. The molecule has 1 aromatic rings. The first kappa shape index (κ1) is 14.0. The summed E-state index contributed by atoms with van der Waals surface area (Å²) in [6.45, 7) is 0. The SMILES string of the molecule is O=C1CCc2c(C3CCCCC3)cccc2C12CC1=CCC2C1. The average molecular weight is 306 g/mol. The predicted molar refractivity (Wildman–Crippen MR) is 92.7 cm³/mol. The molecule has 2 fully saturated rings. The Morgan fingerprint density at radius 1 is 1.04 bits per heavy atom. The van der Waals surface area contributed by atoms with E-state index in [-0.39, 0.29) is 5.41 Å². The molecule has 0 heterocycles. The molecule has 1 nitrogen and oxygen atoms in total. The van der Waals surface area contributed by atoms with Gasteiger partial charge in [-0.25, -0.2) is 0 Å². The maximum atomic E-state index is 13.0. The molecule has 1 heteroatoms. The van der Waals surface area contributed by atoms with Crippen LogP contribution in [-0.2, 0) is 16.6 Å². The van der Waals surface area contributed by atoms with Gasteiger partial charge in [-0.2, -0.15) is 0 Å². The van der Waals surface area contributed by atoms with E-state index in [0.29, 0.717) is 11.7 Å². The van der Waals surface area contributed by atoms with Gasteiger partial charge < -0.3 is 0 Å². The van der Waals surface area contributed by atoms with E-state index >= 15 is 0 Å². The fourth-order valence-corrected chi connectivity index (χ4v) is 6.17. The molecule has 4 aliphatic rings. The van der Waals surface area contributed by atoms with Gasteiger partial charge in [0.25, 0.3) is 0 Å². The van der Waals surface area contributed by atoms with Crippen LogP contribution in [0.4, 0.5) is 0 Å². The molecule has 5 rings (SSSR count). The van der Waals surface area contributed by atoms with Gasteiger partial charge in [0.1, 0.15) is 5.78 Å². The van der Waals surface area contributed by atoms with E-state index in [4.69, 9.17) is 0 Å². The van der Waals surface area contributed by atoms with Crippen molar-refractivity contribution in [2.75, 3.05) is 0 Å². The summed E-state index contributed by atoms with van der Waals surface area (Å²) >= 11 is 0. The van der Waals surface area contributed by atoms with Crippen LogP contribution < -0.4 is 0 Å².